The molecular formula is C30H27FN4O7. The van der Waals surface area contributed by atoms with E-state index >= 15 is 0 Å². The molecule has 0 bridgehead atoms. The Morgan fingerprint density at radius 3 is 2.14 bits per heavy atom. The molecule has 1 fully saturated rings. The zero-order valence-electron chi connectivity index (χ0n) is 22.5. The molecule has 216 valence electrons. The average molecular weight is 575 g/mol. The van der Waals surface area contributed by atoms with Gasteiger partial charge in [-0.3, -0.25) is 19.4 Å². The zero-order chi connectivity index (χ0) is 29.7. The number of carbonyl (C=O) groups is 3. The second-order valence-electron chi connectivity index (χ2n) is 9.62. The molecule has 0 aliphatic heterocycles. The van der Waals surface area contributed by atoms with Crippen LogP contribution in [0.25, 0.3) is 10.9 Å². The summed E-state index contributed by atoms with van der Waals surface area (Å²) in [5.41, 5.74) is 2.05. The Bertz CT molecular complexity index is 1620. The molecule has 1 saturated carbocycles. The number of methoxy groups -OCH3 is 1. The number of ether oxygens (including phenoxy) is 3. The number of Topliss-reactive ketones (excluding diaryl/α,β-unsaturated/α-hetero) is 1. The first-order valence-electron chi connectivity index (χ1n) is 13.0. The fourth-order valence-electron chi connectivity index (χ4n) is 4.24. The number of hydrogen-bond acceptors (Lipinski definition) is 9. The van der Waals surface area contributed by atoms with Gasteiger partial charge in [-0.15, -0.1) is 0 Å². The molecule has 12 heteroatoms. The first kappa shape index (κ1) is 28.5. The van der Waals surface area contributed by atoms with Gasteiger partial charge < -0.3 is 30.1 Å². The second kappa shape index (κ2) is 12.2. The summed E-state index contributed by atoms with van der Waals surface area (Å²) in [6.07, 6.45) is 2.39. The number of nitrogens with zero attached hydrogens (tertiary/aromatic N) is 1. The van der Waals surface area contributed by atoms with Crippen LogP contribution in [0.2, 0.25) is 0 Å². The molecule has 0 atom stereocenters. The van der Waals surface area contributed by atoms with Gasteiger partial charge >= 0.3 is 0 Å². The highest BCUT2D eigenvalue weighted by Crippen LogP contribution is 2.47. The van der Waals surface area contributed by atoms with Crippen molar-refractivity contribution < 1.29 is 38.2 Å². The quantitative estimate of drug-likeness (QED) is 0.142. The molecule has 4 aromatic rings. The fourth-order valence-corrected chi connectivity index (χ4v) is 4.24. The maximum atomic E-state index is 13.2. The maximum Gasteiger partial charge on any atom is 0.240 e. The van der Waals surface area contributed by atoms with Crippen LogP contribution < -0.4 is 30.3 Å². The van der Waals surface area contributed by atoms with E-state index in [0.717, 1.165) is 0 Å². The molecule has 3 aromatic carbocycles. The molecule has 5 rings (SSSR count). The molecule has 0 saturated heterocycles. The molecule has 42 heavy (non-hydrogen) atoms. The summed E-state index contributed by atoms with van der Waals surface area (Å²) < 4.78 is 30.2. The lowest BCUT2D eigenvalue weighted by Gasteiger charge is -2.16. The van der Waals surface area contributed by atoms with Gasteiger partial charge in [0.15, 0.2) is 17.3 Å². The largest absolute Gasteiger partial charge is 0.493 e. The summed E-state index contributed by atoms with van der Waals surface area (Å²) in [4.78, 5) is 41.8. The summed E-state index contributed by atoms with van der Waals surface area (Å²) in [5.74, 6) is 0.00209. The number of ketones is 1. The van der Waals surface area contributed by atoms with Gasteiger partial charge in [0.05, 0.1) is 19.2 Å². The van der Waals surface area contributed by atoms with Crippen molar-refractivity contribution in [2.24, 2.45) is 5.41 Å². The lowest BCUT2D eigenvalue weighted by molar-refractivity contribution is -0.131. The van der Waals surface area contributed by atoms with Crippen LogP contribution in [0.5, 0.6) is 23.0 Å². The van der Waals surface area contributed by atoms with Crippen LogP contribution in [0, 0.1) is 11.2 Å². The molecule has 11 nitrogen and oxygen atoms in total. The van der Waals surface area contributed by atoms with Crippen molar-refractivity contribution in [1.29, 1.82) is 0 Å². The molecule has 1 aliphatic rings. The molecule has 4 N–H and O–H groups in total. The SMILES string of the molecule is COc1cc2c(Oc3ccc(NC(=O)C4(C(=O)Nc5ccc(F)cc5)CC4)cc3)ccnc2cc1OCC(=O)CNO. The van der Waals surface area contributed by atoms with E-state index in [-0.39, 0.29) is 18.9 Å². The van der Waals surface area contributed by atoms with Gasteiger partial charge in [-0.25, -0.2) is 4.39 Å². The van der Waals surface area contributed by atoms with E-state index < -0.39 is 23.0 Å². The Morgan fingerprint density at radius 1 is 0.905 bits per heavy atom. The second-order valence-corrected chi connectivity index (χ2v) is 9.62. The number of nitrogens with one attached hydrogen (secondary N) is 3. The van der Waals surface area contributed by atoms with Gasteiger partial charge in [-0.05, 0) is 73.5 Å². The minimum absolute atomic E-state index is 0.248. The van der Waals surface area contributed by atoms with E-state index in [0.29, 0.717) is 58.1 Å². The molecule has 1 aliphatic carbocycles. The van der Waals surface area contributed by atoms with Crippen LogP contribution in [0.15, 0.2) is 72.9 Å². The number of fused-ring (bicyclic) bond motifs is 1. The molecule has 0 radical (unpaired) electrons. The Labute approximate surface area is 239 Å². The number of aromatic nitrogens is 1. The van der Waals surface area contributed by atoms with E-state index in [2.05, 4.69) is 15.6 Å². The van der Waals surface area contributed by atoms with Crippen molar-refractivity contribution >= 4 is 39.9 Å². The van der Waals surface area contributed by atoms with Crippen molar-refractivity contribution in [2.75, 3.05) is 30.9 Å². The van der Waals surface area contributed by atoms with Crippen LogP contribution in [-0.2, 0) is 14.4 Å². The molecule has 0 spiro atoms. The number of amides is 2. The summed E-state index contributed by atoms with van der Waals surface area (Å²) in [6, 6.07) is 17.0. The lowest BCUT2D eigenvalue weighted by atomic mass is 10.0. The van der Waals surface area contributed by atoms with Gasteiger partial charge in [0, 0.05) is 29.0 Å². The van der Waals surface area contributed by atoms with Gasteiger partial charge in [-0.1, -0.05) is 0 Å². The number of carbonyl (C=O) groups excluding carboxylic acids is 3. The highest BCUT2D eigenvalue weighted by molar-refractivity contribution is 6.16. The Morgan fingerprint density at radius 2 is 1.55 bits per heavy atom. The number of anilines is 2. The number of hydrogen-bond donors (Lipinski definition) is 4. The summed E-state index contributed by atoms with van der Waals surface area (Å²) in [5, 5.41) is 14.8. The summed E-state index contributed by atoms with van der Waals surface area (Å²) in [7, 11) is 1.47. The van der Waals surface area contributed by atoms with Crippen molar-refractivity contribution in [3.63, 3.8) is 0 Å². The summed E-state index contributed by atoms with van der Waals surface area (Å²) in [6.45, 7) is -0.517. The average Bonchev–Trinajstić information content (AvgIpc) is 3.81. The van der Waals surface area contributed by atoms with Crippen molar-refractivity contribution in [2.45, 2.75) is 12.8 Å². The van der Waals surface area contributed by atoms with Crippen LogP contribution in [0.1, 0.15) is 12.8 Å². The standard InChI is InChI=1S/C30H27FN4O7/c1-40-26-14-23-24(15-27(26)41-17-21(36)16-33-39)32-13-10-25(23)42-22-8-6-20(7-9-22)35-29(38)30(11-12-30)28(37)34-19-4-2-18(31)3-5-19/h2-10,13-15,33,39H,11-12,16-17H2,1H3,(H,34,37)(H,35,38). The zero-order valence-corrected chi connectivity index (χ0v) is 22.5. The predicted octanol–water partition coefficient (Wildman–Crippen LogP) is 4.46. The van der Waals surface area contributed by atoms with E-state index in [4.69, 9.17) is 19.4 Å². The topological polar surface area (TPSA) is 148 Å². The maximum absolute atomic E-state index is 13.2. The van der Waals surface area contributed by atoms with Crippen molar-refractivity contribution in [3.05, 3.63) is 78.7 Å². The minimum Gasteiger partial charge on any atom is -0.493 e. The van der Waals surface area contributed by atoms with Gasteiger partial charge in [0.25, 0.3) is 0 Å². The Balaban J connectivity index is 1.25. The lowest BCUT2D eigenvalue weighted by Crippen LogP contribution is -2.35. The van der Waals surface area contributed by atoms with Crippen molar-refractivity contribution in [3.8, 4) is 23.0 Å². The Kier molecular flexibility index (Phi) is 8.27. The first-order valence-corrected chi connectivity index (χ1v) is 13.0. The van der Waals surface area contributed by atoms with Gasteiger partial charge in [-0.2, -0.15) is 5.48 Å². The molecule has 2 amide bonds. The Hall–Kier alpha value is -5.07. The minimum atomic E-state index is -1.18. The van der Waals surface area contributed by atoms with E-state index in [9.17, 15) is 18.8 Å². The third-order valence-corrected chi connectivity index (χ3v) is 6.71. The highest BCUT2D eigenvalue weighted by atomic mass is 19.1. The van der Waals surface area contributed by atoms with E-state index in [1.807, 2.05) is 0 Å². The third-order valence-electron chi connectivity index (χ3n) is 6.71. The van der Waals surface area contributed by atoms with Crippen LogP contribution in [0.3, 0.4) is 0 Å². The fraction of sp³-hybridized carbons (Fsp3) is 0.200. The molecule has 0 unspecified atom stereocenters. The number of pyridine rings is 1. The van der Waals surface area contributed by atoms with E-state index in [1.165, 1.54) is 31.4 Å². The predicted molar refractivity (Wildman–Crippen MR) is 150 cm³/mol. The molecular weight excluding hydrogens is 547 g/mol. The van der Waals surface area contributed by atoms with E-state index in [1.54, 1.807) is 54.1 Å². The highest BCUT2D eigenvalue weighted by Gasteiger charge is 2.56. The first-order chi connectivity index (χ1) is 20.3. The number of halogens is 1. The molecule has 1 aromatic heterocycles. The van der Waals surface area contributed by atoms with Crippen LogP contribution in [-0.4, -0.2) is 48.1 Å². The monoisotopic (exact) mass is 574 g/mol. The third kappa shape index (κ3) is 6.29. The normalized spacial score (nSPS) is 13.2. The number of rotatable bonds is 12. The van der Waals surface area contributed by atoms with Crippen LogP contribution >= 0.6 is 0 Å². The summed E-state index contributed by atoms with van der Waals surface area (Å²) >= 11 is 0. The van der Waals surface area contributed by atoms with Crippen LogP contribution in [0.4, 0.5) is 15.8 Å². The number of benzene rings is 3. The number of hydroxylamine groups is 1. The smallest absolute Gasteiger partial charge is 0.240 e. The van der Waals surface area contributed by atoms with Gasteiger partial charge in [0.2, 0.25) is 11.8 Å². The van der Waals surface area contributed by atoms with Crippen molar-refractivity contribution in [1.82, 2.24) is 10.5 Å². The van der Waals surface area contributed by atoms with Gasteiger partial charge in [0.1, 0.15) is 29.3 Å². The molecule has 1 heterocycles.